The van der Waals surface area contributed by atoms with Gasteiger partial charge in [-0.15, -0.1) is 0 Å². The number of hydrogen-bond acceptors (Lipinski definition) is 4. The molecule has 0 aliphatic carbocycles. The van der Waals surface area contributed by atoms with Crippen LogP contribution < -0.4 is 42.6 Å². The third kappa shape index (κ3) is 4.20. The number of aromatic nitrogens is 1. The number of benzene rings is 7. The number of nitrogens with zero attached hydrogens (tertiary/aromatic N) is 3. The Morgan fingerprint density at radius 1 is 0.471 bits per heavy atom. The summed E-state index contributed by atoms with van der Waals surface area (Å²) in [6.45, 7) is 0.0950. The van der Waals surface area contributed by atoms with Crippen molar-refractivity contribution in [2.45, 2.75) is 9.79 Å². The first-order chi connectivity index (χ1) is 25.3. The lowest BCUT2D eigenvalue weighted by Gasteiger charge is -2.46. The van der Waals surface area contributed by atoms with Crippen LogP contribution in [0.25, 0.3) is 10.8 Å². The van der Waals surface area contributed by atoms with Gasteiger partial charge in [0.15, 0.2) is 0 Å². The van der Waals surface area contributed by atoms with Crippen LogP contribution in [0.4, 0.5) is 34.1 Å². The summed E-state index contributed by atoms with van der Waals surface area (Å²) < 4.78 is 0. The normalized spacial score (nSPS) is 13.6. The Labute approximate surface area is 302 Å². The van der Waals surface area contributed by atoms with Gasteiger partial charge in [0.2, 0.25) is 13.4 Å². The molecule has 0 N–H and O–H groups in total. The Kier molecular flexibility index (Phi) is 6.37. The van der Waals surface area contributed by atoms with Crippen LogP contribution in [-0.4, -0.2) is 18.4 Å². The molecule has 11 rings (SSSR count). The van der Waals surface area contributed by atoms with Crippen LogP contribution in [0.15, 0.2) is 186 Å². The maximum absolute atomic E-state index is 4.68. The van der Waals surface area contributed by atoms with Gasteiger partial charge in [-0.3, -0.25) is 4.98 Å². The minimum absolute atomic E-state index is 0.00354. The minimum atomic E-state index is -0.00354. The highest BCUT2D eigenvalue weighted by Gasteiger charge is 2.47. The van der Waals surface area contributed by atoms with Gasteiger partial charge in [-0.25, -0.2) is 0 Å². The molecule has 0 radical (unpaired) electrons. The van der Waals surface area contributed by atoms with Crippen LogP contribution in [0.3, 0.4) is 0 Å². The summed E-state index contributed by atoms with van der Waals surface area (Å²) in [4.78, 5) is 12.4. The first-order valence-corrected chi connectivity index (χ1v) is 18.4. The van der Waals surface area contributed by atoms with Crippen molar-refractivity contribution in [2.24, 2.45) is 0 Å². The summed E-state index contributed by atoms with van der Waals surface area (Å²) in [5.41, 5.74) is 15.1. The average Bonchev–Trinajstić information content (AvgIpc) is 3.20. The molecule has 1 aromatic heterocycles. The Balaban J connectivity index is 1.33. The molecule has 51 heavy (non-hydrogen) atoms. The van der Waals surface area contributed by atoms with Gasteiger partial charge in [-0.2, -0.15) is 0 Å². The monoisotopic (exact) mass is 665 g/mol. The second kappa shape index (κ2) is 11.3. The largest absolute Gasteiger partial charge is 0.311 e. The molecule has 4 heterocycles. The van der Waals surface area contributed by atoms with Gasteiger partial charge in [0.25, 0.3) is 0 Å². The second-order valence-corrected chi connectivity index (χ2v) is 14.6. The van der Waals surface area contributed by atoms with E-state index in [4.69, 9.17) is 0 Å². The summed E-state index contributed by atoms with van der Waals surface area (Å²) in [6.07, 6.45) is 3.89. The minimum Gasteiger partial charge on any atom is -0.311 e. The average molecular weight is 665 g/mol. The van der Waals surface area contributed by atoms with Gasteiger partial charge in [0.05, 0.1) is 17.6 Å². The maximum Gasteiger partial charge on any atom is 0.249 e. The summed E-state index contributed by atoms with van der Waals surface area (Å²) >= 11 is 1.90. The van der Waals surface area contributed by atoms with Crippen LogP contribution in [0.2, 0.25) is 0 Å². The lowest BCUT2D eigenvalue weighted by atomic mass is 9.31. The number of anilines is 6. The van der Waals surface area contributed by atoms with Crippen molar-refractivity contribution in [1.29, 1.82) is 0 Å². The molecule has 3 nitrogen and oxygen atoms in total. The fourth-order valence-electron chi connectivity index (χ4n) is 8.83. The van der Waals surface area contributed by atoms with Crippen molar-refractivity contribution in [3.63, 3.8) is 0 Å². The fourth-order valence-corrected chi connectivity index (χ4v) is 10.0. The third-order valence-electron chi connectivity index (χ3n) is 10.8. The van der Waals surface area contributed by atoms with Gasteiger partial charge >= 0.3 is 0 Å². The molecule has 6 heteroatoms. The maximum atomic E-state index is 4.68. The Morgan fingerprint density at radius 3 is 1.96 bits per heavy atom. The zero-order valence-corrected chi connectivity index (χ0v) is 28.5. The highest BCUT2D eigenvalue weighted by molar-refractivity contribution is 8.00. The van der Waals surface area contributed by atoms with Crippen molar-refractivity contribution in [1.82, 2.24) is 4.98 Å². The predicted molar refractivity (Wildman–Crippen MR) is 217 cm³/mol. The van der Waals surface area contributed by atoms with Gasteiger partial charge in [-0.05, 0) is 69.7 Å². The van der Waals surface area contributed by atoms with Crippen LogP contribution in [0.1, 0.15) is 0 Å². The molecule has 0 unspecified atom stereocenters. The lowest BCUT2D eigenvalue weighted by Crippen LogP contribution is -2.65. The second-order valence-electron chi connectivity index (χ2n) is 13.5. The van der Waals surface area contributed by atoms with E-state index in [1.54, 1.807) is 0 Å². The SMILES string of the molecule is c1ccc(B2c3ccccc3N(c3cccc4ccccc34)c3cc4c5c(c32)N(c2cccnc2)c2ccccc2B5c2ccccc2S4)cc1. The van der Waals surface area contributed by atoms with E-state index >= 15 is 0 Å². The molecule has 0 saturated heterocycles. The molecular weight excluding hydrogens is 636 g/mol. The predicted octanol–water partition coefficient (Wildman–Crippen LogP) is 7.30. The molecule has 0 fully saturated rings. The van der Waals surface area contributed by atoms with E-state index in [9.17, 15) is 0 Å². The Bertz CT molecular complexity index is 2660. The number of fused-ring (bicyclic) bond motifs is 8. The first-order valence-electron chi connectivity index (χ1n) is 17.5. The highest BCUT2D eigenvalue weighted by Crippen LogP contribution is 2.47. The number of pyridine rings is 1. The summed E-state index contributed by atoms with van der Waals surface area (Å²) in [6, 6.07) is 60.4. The van der Waals surface area contributed by atoms with E-state index in [0.29, 0.717) is 0 Å². The number of para-hydroxylation sites is 2. The smallest absolute Gasteiger partial charge is 0.249 e. The van der Waals surface area contributed by atoms with E-state index in [0.717, 1.165) is 5.69 Å². The molecule has 0 bridgehead atoms. The van der Waals surface area contributed by atoms with E-state index in [-0.39, 0.29) is 13.4 Å². The summed E-state index contributed by atoms with van der Waals surface area (Å²) in [5.74, 6) is 0. The Hall–Kier alpha value is -5.97. The van der Waals surface area contributed by atoms with Crippen molar-refractivity contribution in [3.05, 3.63) is 176 Å². The zero-order valence-electron chi connectivity index (χ0n) is 27.6. The zero-order chi connectivity index (χ0) is 33.5. The fraction of sp³-hybridized carbons (Fsp3) is 0. The van der Waals surface area contributed by atoms with E-state index in [1.807, 2.05) is 24.2 Å². The summed E-state index contributed by atoms with van der Waals surface area (Å²) in [7, 11) is 0. The molecule has 7 aromatic carbocycles. The Morgan fingerprint density at radius 2 is 1.14 bits per heavy atom. The van der Waals surface area contributed by atoms with E-state index in [1.165, 1.54) is 81.8 Å². The van der Waals surface area contributed by atoms with Crippen LogP contribution in [0.5, 0.6) is 0 Å². The van der Waals surface area contributed by atoms with Gasteiger partial charge in [0.1, 0.15) is 0 Å². The van der Waals surface area contributed by atoms with E-state index < -0.39 is 0 Å². The lowest BCUT2D eigenvalue weighted by molar-refractivity contribution is 1.22. The van der Waals surface area contributed by atoms with Crippen molar-refractivity contribution < 1.29 is 0 Å². The van der Waals surface area contributed by atoms with Crippen LogP contribution >= 0.6 is 11.8 Å². The number of hydrogen-bond donors (Lipinski definition) is 0. The molecular formula is C45H29B2N3S. The van der Waals surface area contributed by atoms with Crippen molar-refractivity contribution in [2.75, 3.05) is 9.80 Å². The molecule has 0 spiro atoms. The number of rotatable bonds is 3. The molecule has 3 aliphatic heterocycles. The van der Waals surface area contributed by atoms with E-state index in [2.05, 4.69) is 179 Å². The molecule has 8 aromatic rings. The quantitative estimate of drug-likeness (QED) is 0.185. The molecule has 236 valence electrons. The van der Waals surface area contributed by atoms with Crippen molar-refractivity contribution in [3.8, 4) is 0 Å². The van der Waals surface area contributed by atoms with Gasteiger partial charge < -0.3 is 9.80 Å². The third-order valence-corrected chi connectivity index (χ3v) is 12.0. The molecule has 3 aliphatic rings. The standard InChI is InChI=1S/C45H29B2N3S/c1-2-16-31(17-3-1)46-34-20-6-10-24-39(34)50(37-25-12-15-30-14-4-5-19-33(30)37)40-28-42-44-45(43(40)46)49(32-18-13-27-48-29-32)38-23-9-7-21-35(38)47(44)36-22-8-11-26-41(36)51-42/h1-29H. The van der Waals surface area contributed by atoms with Crippen LogP contribution in [0, 0.1) is 0 Å². The van der Waals surface area contributed by atoms with Crippen molar-refractivity contribution >= 4 is 103 Å². The van der Waals surface area contributed by atoms with Crippen LogP contribution in [-0.2, 0) is 0 Å². The molecule has 0 saturated carbocycles. The topological polar surface area (TPSA) is 19.4 Å². The highest BCUT2D eigenvalue weighted by atomic mass is 32.2. The molecule has 0 amide bonds. The molecule has 0 atom stereocenters. The summed E-state index contributed by atoms with van der Waals surface area (Å²) in [5, 5.41) is 2.46. The first kappa shape index (κ1) is 28.8. The van der Waals surface area contributed by atoms with Gasteiger partial charge in [0, 0.05) is 44.1 Å². The van der Waals surface area contributed by atoms with Gasteiger partial charge in [-0.1, -0.05) is 144 Å².